The molecule has 26 heavy (non-hydrogen) atoms. The third-order valence-corrected chi connectivity index (χ3v) is 5.16. The molecule has 0 bridgehead atoms. The molecule has 3 nitrogen and oxygen atoms in total. The molecule has 2 aromatic carbocycles. The Labute approximate surface area is 154 Å². The monoisotopic (exact) mass is 372 g/mol. The van der Waals surface area contributed by atoms with Crippen LogP contribution in [0.25, 0.3) is 0 Å². The van der Waals surface area contributed by atoms with Crippen LogP contribution in [0.5, 0.6) is 0 Å². The molecule has 3 aromatic rings. The number of nitrogens with zero attached hydrogens (tertiary/aromatic N) is 2. The van der Waals surface area contributed by atoms with E-state index in [1.807, 2.05) is 37.3 Å². The van der Waals surface area contributed by atoms with E-state index in [2.05, 4.69) is 4.98 Å². The topological polar surface area (TPSA) is 34.9 Å². The van der Waals surface area contributed by atoms with E-state index in [1.165, 1.54) is 28.5 Å². The van der Waals surface area contributed by atoms with Crippen molar-refractivity contribution in [2.45, 2.75) is 24.3 Å². The third kappa shape index (κ3) is 4.19. The highest BCUT2D eigenvalue weighted by atomic mass is 32.2. The van der Waals surface area contributed by atoms with E-state index < -0.39 is 11.6 Å². The molecular formula is C20H18F2N2OS. The number of hydrogen-bond acceptors (Lipinski definition) is 3. The number of hydrogen-bond donors (Lipinski definition) is 0. The molecule has 0 fully saturated rings. The number of aryl methyl sites for hydroxylation is 1. The van der Waals surface area contributed by atoms with E-state index in [9.17, 15) is 13.6 Å². The fraction of sp³-hybridized carbons (Fsp3) is 0.200. The lowest BCUT2D eigenvalue weighted by atomic mass is 10.1. The second-order valence-electron chi connectivity index (χ2n) is 6.05. The van der Waals surface area contributed by atoms with Gasteiger partial charge in [-0.2, -0.15) is 0 Å². The van der Waals surface area contributed by atoms with Crippen LogP contribution in [0.3, 0.4) is 0 Å². The van der Waals surface area contributed by atoms with Crippen LogP contribution in [-0.2, 0) is 19.2 Å². The minimum Gasteiger partial charge on any atom is -0.291 e. The molecule has 0 atom stereocenters. The summed E-state index contributed by atoms with van der Waals surface area (Å²) in [7, 11) is 1.66. The van der Waals surface area contributed by atoms with Crippen LogP contribution in [-0.4, -0.2) is 9.55 Å². The van der Waals surface area contributed by atoms with Crippen LogP contribution < -0.4 is 5.56 Å². The van der Waals surface area contributed by atoms with Gasteiger partial charge in [0.15, 0.2) is 5.16 Å². The minimum absolute atomic E-state index is 0.103. The molecule has 3 rings (SSSR count). The Morgan fingerprint density at radius 1 is 1.04 bits per heavy atom. The lowest BCUT2D eigenvalue weighted by molar-refractivity contribution is 0.581. The zero-order valence-electron chi connectivity index (χ0n) is 14.5. The van der Waals surface area contributed by atoms with Crippen molar-refractivity contribution >= 4 is 11.8 Å². The molecule has 0 unspecified atom stereocenters. The summed E-state index contributed by atoms with van der Waals surface area (Å²) < 4.78 is 28.1. The summed E-state index contributed by atoms with van der Waals surface area (Å²) in [5.41, 5.74) is 2.77. The molecule has 0 aliphatic rings. The maximum atomic E-state index is 13.3. The van der Waals surface area contributed by atoms with Gasteiger partial charge in [-0.25, -0.2) is 13.8 Å². The first-order valence-corrected chi connectivity index (χ1v) is 9.11. The molecular weight excluding hydrogens is 354 g/mol. The van der Waals surface area contributed by atoms with Crippen LogP contribution in [0.4, 0.5) is 8.78 Å². The Kier molecular flexibility index (Phi) is 5.52. The van der Waals surface area contributed by atoms with Gasteiger partial charge < -0.3 is 0 Å². The molecule has 0 saturated carbocycles. The first-order chi connectivity index (χ1) is 12.4. The van der Waals surface area contributed by atoms with Crippen molar-refractivity contribution in [3.63, 3.8) is 0 Å². The van der Waals surface area contributed by atoms with Crippen LogP contribution >= 0.6 is 11.8 Å². The summed E-state index contributed by atoms with van der Waals surface area (Å²) in [6, 6.07) is 13.2. The standard InChI is InChI=1S/C20H18F2N2OS/c1-13-18(10-14-6-4-3-5-7-14)19(25)24(2)20(23-13)26-12-15-8-16(21)11-17(22)9-15/h3-9,11H,10,12H2,1-2H3. The van der Waals surface area contributed by atoms with Gasteiger partial charge in [-0.1, -0.05) is 42.1 Å². The molecule has 0 aliphatic heterocycles. The molecule has 1 aromatic heterocycles. The summed E-state index contributed by atoms with van der Waals surface area (Å²) in [5, 5.41) is 0.522. The number of thioether (sulfide) groups is 1. The molecule has 0 saturated heterocycles. The molecule has 1 heterocycles. The zero-order valence-corrected chi connectivity index (χ0v) is 15.3. The van der Waals surface area contributed by atoms with Crippen LogP contribution in [0.2, 0.25) is 0 Å². The highest BCUT2D eigenvalue weighted by Crippen LogP contribution is 2.22. The second kappa shape index (κ2) is 7.83. The molecule has 0 spiro atoms. The van der Waals surface area contributed by atoms with Crippen molar-refractivity contribution in [2.24, 2.45) is 7.05 Å². The molecule has 0 radical (unpaired) electrons. The van der Waals surface area contributed by atoms with Crippen LogP contribution in [0.1, 0.15) is 22.4 Å². The van der Waals surface area contributed by atoms with E-state index in [0.717, 1.165) is 11.6 Å². The molecule has 0 aliphatic carbocycles. The largest absolute Gasteiger partial charge is 0.291 e. The summed E-state index contributed by atoms with van der Waals surface area (Å²) >= 11 is 1.28. The van der Waals surface area contributed by atoms with Crippen LogP contribution in [0.15, 0.2) is 58.5 Å². The van der Waals surface area contributed by atoms with Crippen molar-refractivity contribution < 1.29 is 8.78 Å². The van der Waals surface area contributed by atoms with E-state index in [0.29, 0.717) is 34.2 Å². The van der Waals surface area contributed by atoms with Crippen molar-refractivity contribution in [1.29, 1.82) is 0 Å². The molecule has 6 heteroatoms. The van der Waals surface area contributed by atoms with E-state index >= 15 is 0 Å². The van der Waals surface area contributed by atoms with E-state index in [4.69, 9.17) is 0 Å². The van der Waals surface area contributed by atoms with Gasteiger partial charge in [-0.15, -0.1) is 0 Å². The van der Waals surface area contributed by atoms with E-state index in [1.54, 1.807) is 7.05 Å². The minimum atomic E-state index is -0.614. The van der Waals surface area contributed by atoms with Crippen molar-refractivity contribution in [2.75, 3.05) is 0 Å². The normalized spacial score (nSPS) is 10.9. The third-order valence-electron chi connectivity index (χ3n) is 4.06. The fourth-order valence-corrected chi connectivity index (χ4v) is 3.65. The maximum Gasteiger partial charge on any atom is 0.257 e. The highest BCUT2D eigenvalue weighted by molar-refractivity contribution is 7.98. The predicted molar refractivity (Wildman–Crippen MR) is 99.4 cm³/mol. The fourth-order valence-electron chi connectivity index (χ4n) is 2.70. The Bertz CT molecular complexity index is 967. The van der Waals surface area contributed by atoms with Gasteiger partial charge in [0.1, 0.15) is 11.6 Å². The number of halogens is 2. The number of aromatic nitrogens is 2. The lowest BCUT2D eigenvalue weighted by Crippen LogP contribution is -2.25. The Balaban J connectivity index is 1.84. The Morgan fingerprint density at radius 3 is 2.35 bits per heavy atom. The van der Waals surface area contributed by atoms with Gasteiger partial charge in [-0.05, 0) is 30.2 Å². The van der Waals surface area contributed by atoms with Gasteiger partial charge in [0.25, 0.3) is 5.56 Å². The maximum absolute atomic E-state index is 13.3. The van der Waals surface area contributed by atoms with Crippen molar-refractivity contribution in [3.05, 3.63) is 92.9 Å². The SMILES string of the molecule is Cc1nc(SCc2cc(F)cc(F)c2)n(C)c(=O)c1Cc1ccccc1. The smallest absolute Gasteiger partial charge is 0.257 e. The van der Waals surface area contributed by atoms with Gasteiger partial charge in [0.05, 0.1) is 0 Å². The number of benzene rings is 2. The highest BCUT2D eigenvalue weighted by Gasteiger charge is 2.13. The summed E-state index contributed by atoms with van der Waals surface area (Å²) in [6.07, 6.45) is 0.520. The van der Waals surface area contributed by atoms with Gasteiger partial charge in [0.2, 0.25) is 0 Å². The quantitative estimate of drug-likeness (QED) is 0.496. The van der Waals surface area contributed by atoms with Gasteiger partial charge in [-0.3, -0.25) is 9.36 Å². The second-order valence-corrected chi connectivity index (χ2v) is 6.99. The lowest BCUT2D eigenvalue weighted by Gasteiger charge is -2.12. The van der Waals surface area contributed by atoms with Crippen molar-refractivity contribution in [3.8, 4) is 0 Å². The summed E-state index contributed by atoms with van der Waals surface area (Å²) in [5.74, 6) is -0.902. The van der Waals surface area contributed by atoms with Gasteiger partial charge >= 0.3 is 0 Å². The molecule has 0 amide bonds. The van der Waals surface area contributed by atoms with E-state index in [-0.39, 0.29) is 5.56 Å². The van der Waals surface area contributed by atoms with Crippen LogP contribution in [0, 0.1) is 18.6 Å². The van der Waals surface area contributed by atoms with Crippen molar-refractivity contribution in [1.82, 2.24) is 9.55 Å². The summed E-state index contributed by atoms with van der Waals surface area (Å²) in [6.45, 7) is 1.81. The predicted octanol–water partition coefficient (Wildman–Crippen LogP) is 4.25. The first-order valence-electron chi connectivity index (χ1n) is 8.12. The molecule has 0 N–H and O–H groups in total. The Morgan fingerprint density at radius 2 is 1.69 bits per heavy atom. The average Bonchev–Trinajstić information content (AvgIpc) is 2.61. The van der Waals surface area contributed by atoms with Gasteiger partial charge in [0, 0.05) is 36.5 Å². The summed E-state index contributed by atoms with van der Waals surface area (Å²) in [4.78, 5) is 17.3. The number of rotatable bonds is 5. The molecule has 134 valence electrons. The Hall–Kier alpha value is -2.47. The zero-order chi connectivity index (χ0) is 18.7. The first kappa shape index (κ1) is 18.3. The average molecular weight is 372 g/mol.